The van der Waals surface area contributed by atoms with Crippen LogP contribution in [-0.2, 0) is 6.54 Å². The third kappa shape index (κ3) is 3.51. The molecule has 110 valence electrons. The smallest absolute Gasteiger partial charge is 0.311 e. The molecule has 0 saturated heterocycles. The number of nitrogens with zero attached hydrogens (tertiary/aromatic N) is 1. The van der Waals surface area contributed by atoms with Gasteiger partial charge in [-0.25, -0.2) is 8.78 Å². The topological polar surface area (TPSA) is 64.4 Å². The molecule has 0 amide bonds. The normalized spacial score (nSPS) is 10.4. The molecule has 0 aliphatic carbocycles. The van der Waals surface area contributed by atoms with Crippen LogP contribution in [0.1, 0.15) is 5.56 Å². The zero-order chi connectivity index (χ0) is 15.4. The minimum Gasteiger partial charge on any atom is -0.447 e. The fraction of sp³-hybridized carbons (Fsp3) is 0.143. The number of hydrogen-bond donors (Lipinski definition) is 1. The van der Waals surface area contributed by atoms with Crippen LogP contribution in [0.5, 0.6) is 11.5 Å². The fourth-order valence-corrected chi connectivity index (χ4v) is 1.78. The summed E-state index contributed by atoms with van der Waals surface area (Å²) in [7, 11) is 1.72. The Kier molecular flexibility index (Phi) is 4.44. The van der Waals surface area contributed by atoms with Crippen molar-refractivity contribution in [2.45, 2.75) is 6.54 Å². The number of nitro groups is 1. The SMILES string of the molecule is CNCc1ccc(Oc2cc(F)ccc2[N+](=O)[O-])c(F)c1. The third-order valence-electron chi connectivity index (χ3n) is 2.72. The second kappa shape index (κ2) is 6.27. The zero-order valence-electron chi connectivity index (χ0n) is 11.1. The number of benzene rings is 2. The van der Waals surface area contributed by atoms with Crippen molar-refractivity contribution < 1.29 is 18.4 Å². The van der Waals surface area contributed by atoms with Gasteiger partial charge in [-0.3, -0.25) is 10.1 Å². The highest BCUT2D eigenvalue weighted by Gasteiger charge is 2.18. The van der Waals surface area contributed by atoms with Crippen molar-refractivity contribution in [3.8, 4) is 11.5 Å². The molecule has 0 radical (unpaired) electrons. The van der Waals surface area contributed by atoms with Crippen molar-refractivity contribution in [2.75, 3.05) is 7.05 Å². The first-order valence-corrected chi connectivity index (χ1v) is 6.06. The molecule has 0 bridgehead atoms. The van der Waals surface area contributed by atoms with E-state index >= 15 is 0 Å². The fourth-order valence-electron chi connectivity index (χ4n) is 1.78. The molecule has 0 saturated carbocycles. The minimum absolute atomic E-state index is 0.205. The summed E-state index contributed by atoms with van der Waals surface area (Å²) in [5, 5.41) is 13.7. The number of rotatable bonds is 5. The molecular formula is C14H12F2N2O3. The zero-order valence-corrected chi connectivity index (χ0v) is 11.1. The van der Waals surface area contributed by atoms with Gasteiger partial charge < -0.3 is 10.1 Å². The molecule has 0 heterocycles. The second-order valence-corrected chi connectivity index (χ2v) is 4.27. The van der Waals surface area contributed by atoms with Crippen LogP contribution in [0.3, 0.4) is 0 Å². The summed E-state index contributed by atoms with van der Waals surface area (Å²) in [6, 6.07) is 6.96. The average molecular weight is 294 g/mol. The molecular weight excluding hydrogens is 282 g/mol. The molecule has 2 aromatic carbocycles. The Balaban J connectivity index is 2.34. The summed E-state index contributed by atoms with van der Waals surface area (Å²) >= 11 is 0. The van der Waals surface area contributed by atoms with Gasteiger partial charge in [0.15, 0.2) is 11.6 Å². The summed E-state index contributed by atoms with van der Waals surface area (Å²) in [5.41, 5.74) is 0.256. The van der Waals surface area contributed by atoms with E-state index in [9.17, 15) is 18.9 Å². The summed E-state index contributed by atoms with van der Waals surface area (Å²) in [6.45, 7) is 0.470. The van der Waals surface area contributed by atoms with E-state index in [0.29, 0.717) is 12.1 Å². The van der Waals surface area contributed by atoms with Gasteiger partial charge in [0.25, 0.3) is 0 Å². The standard InChI is InChI=1S/C14H12F2N2O3/c1-17-8-9-2-5-13(11(16)6-9)21-14-7-10(15)3-4-12(14)18(19)20/h2-7,17H,8H2,1H3. The van der Waals surface area contributed by atoms with Crippen LogP contribution in [-0.4, -0.2) is 12.0 Å². The molecule has 2 rings (SSSR count). The number of ether oxygens (including phenoxy) is 1. The predicted octanol–water partition coefficient (Wildman–Crippen LogP) is 3.38. The van der Waals surface area contributed by atoms with E-state index in [0.717, 1.165) is 18.2 Å². The van der Waals surface area contributed by atoms with Gasteiger partial charge in [-0.1, -0.05) is 6.07 Å². The first-order valence-electron chi connectivity index (χ1n) is 6.06. The highest BCUT2D eigenvalue weighted by Crippen LogP contribution is 2.33. The molecule has 0 aliphatic heterocycles. The summed E-state index contributed by atoms with van der Waals surface area (Å²) in [6.07, 6.45) is 0. The Labute approximate surface area is 119 Å². The van der Waals surface area contributed by atoms with E-state index in [1.54, 1.807) is 13.1 Å². The monoisotopic (exact) mass is 294 g/mol. The molecule has 2 aromatic rings. The van der Waals surface area contributed by atoms with Crippen LogP contribution in [0.25, 0.3) is 0 Å². The van der Waals surface area contributed by atoms with E-state index in [2.05, 4.69) is 5.32 Å². The van der Waals surface area contributed by atoms with E-state index in [4.69, 9.17) is 4.74 Å². The van der Waals surface area contributed by atoms with Gasteiger partial charge in [-0.15, -0.1) is 0 Å². The maximum Gasteiger partial charge on any atom is 0.311 e. The van der Waals surface area contributed by atoms with Crippen LogP contribution in [0.2, 0.25) is 0 Å². The Morgan fingerprint density at radius 1 is 1.19 bits per heavy atom. The lowest BCUT2D eigenvalue weighted by molar-refractivity contribution is -0.385. The molecule has 1 N–H and O–H groups in total. The number of halogens is 2. The molecule has 0 aromatic heterocycles. The van der Waals surface area contributed by atoms with Crippen LogP contribution in [0.15, 0.2) is 36.4 Å². The van der Waals surface area contributed by atoms with E-state index in [-0.39, 0.29) is 11.5 Å². The van der Waals surface area contributed by atoms with Gasteiger partial charge in [-0.05, 0) is 30.8 Å². The van der Waals surface area contributed by atoms with Crippen molar-refractivity contribution in [1.29, 1.82) is 0 Å². The lowest BCUT2D eigenvalue weighted by Gasteiger charge is -2.09. The molecule has 0 aliphatic rings. The predicted molar refractivity (Wildman–Crippen MR) is 72.3 cm³/mol. The van der Waals surface area contributed by atoms with E-state index in [1.165, 1.54) is 12.1 Å². The second-order valence-electron chi connectivity index (χ2n) is 4.27. The number of nitro benzene ring substituents is 1. The van der Waals surface area contributed by atoms with Gasteiger partial charge >= 0.3 is 5.69 Å². The quantitative estimate of drug-likeness (QED) is 0.678. The van der Waals surface area contributed by atoms with Gasteiger partial charge in [0.2, 0.25) is 5.75 Å². The van der Waals surface area contributed by atoms with Crippen molar-refractivity contribution in [3.05, 3.63) is 63.7 Å². The molecule has 5 nitrogen and oxygen atoms in total. The van der Waals surface area contributed by atoms with Gasteiger partial charge in [-0.2, -0.15) is 0 Å². The van der Waals surface area contributed by atoms with Gasteiger partial charge in [0.05, 0.1) is 4.92 Å². The van der Waals surface area contributed by atoms with Crippen LogP contribution in [0.4, 0.5) is 14.5 Å². The Morgan fingerprint density at radius 3 is 2.57 bits per heavy atom. The summed E-state index contributed by atoms with van der Waals surface area (Å²) < 4.78 is 32.2. The molecule has 0 atom stereocenters. The van der Waals surface area contributed by atoms with Gasteiger partial charge in [0, 0.05) is 18.7 Å². The average Bonchev–Trinajstić information content (AvgIpc) is 2.42. The van der Waals surface area contributed by atoms with Crippen LogP contribution >= 0.6 is 0 Å². The first kappa shape index (κ1) is 14.9. The van der Waals surface area contributed by atoms with Crippen molar-refractivity contribution in [3.63, 3.8) is 0 Å². The lowest BCUT2D eigenvalue weighted by atomic mass is 10.2. The maximum absolute atomic E-state index is 13.9. The highest BCUT2D eigenvalue weighted by atomic mass is 19.1. The third-order valence-corrected chi connectivity index (χ3v) is 2.72. The largest absolute Gasteiger partial charge is 0.447 e. The van der Waals surface area contributed by atoms with Crippen LogP contribution in [0, 0.1) is 21.7 Å². The Morgan fingerprint density at radius 2 is 1.95 bits per heavy atom. The molecule has 0 spiro atoms. The molecule has 0 fully saturated rings. The van der Waals surface area contributed by atoms with Crippen LogP contribution < -0.4 is 10.1 Å². The maximum atomic E-state index is 13.9. The van der Waals surface area contributed by atoms with Crippen molar-refractivity contribution >= 4 is 5.69 Å². The Bertz CT molecular complexity index is 677. The van der Waals surface area contributed by atoms with Crippen molar-refractivity contribution in [2.24, 2.45) is 0 Å². The summed E-state index contributed by atoms with van der Waals surface area (Å²) in [5.74, 6) is -1.94. The highest BCUT2D eigenvalue weighted by molar-refractivity contribution is 5.48. The first-order chi connectivity index (χ1) is 10.0. The lowest BCUT2D eigenvalue weighted by Crippen LogP contribution is -2.05. The van der Waals surface area contributed by atoms with Gasteiger partial charge in [0.1, 0.15) is 5.82 Å². The van der Waals surface area contributed by atoms with Crippen molar-refractivity contribution in [1.82, 2.24) is 5.32 Å². The number of hydrogen-bond acceptors (Lipinski definition) is 4. The van der Waals surface area contributed by atoms with E-state index in [1.807, 2.05) is 0 Å². The van der Waals surface area contributed by atoms with E-state index < -0.39 is 22.2 Å². The molecule has 7 heteroatoms. The Hall–Kier alpha value is -2.54. The molecule has 21 heavy (non-hydrogen) atoms. The molecule has 0 unspecified atom stereocenters. The summed E-state index contributed by atoms with van der Waals surface area (Å²) in [4.78, 5) is 10.1. The number of nitrogens with one attached hydrogen (secondary N) is 1. The minimum atomic E-state index is -0.720.